The molecule has 0 bridgehead atoms. The number of rotatable bonds is 2. The lowest BCUT2D eigenvalue weighted by atomic mass is 10.00. The predicted molar refractivity (Wildman–Crippen MR) is 106 cm³/mol. The van der Waals surface area contributed by atoms with Crippen LogP contribution >= 0.6 is 0 Å². The Bertz CT molecular complexity index is 1240. The van der Waals surface area contributed by atoms with E-state index in [2.05, 4.69) is 20.5 Å². The molecule has 0 saturated carbocycles. The number of aliphatic imine (C=N–C) groups is 1. The van der Waals surface area contributed by atoms with Crippen molar-refractivity contribution in [2.75, 3.05) is 5.32 Å². The van der Waals surface area contributed by atoms with Gasteiger partial charge in [0.15, 0.2) is 0 Å². The molecule has 29 heavy (non-hydrogen) atoms. The molecular weight excluding hydrogens is 377 g/mol. The van der Waals surface area contributed by atoms with E-state index in [-0.39, 0.29) is 11.4 Å². The van der Waals surface area contributed by atoms with Gasteiger partial charge >= 0.3 is 0 Å². The summed E-state index contributed by atoms with van der Waals surface area (Å²) in [6.07, 6.45) is 1.53. The first kappa shape index (κ1) is 17.2. The van der Waals surface area contributed by atoms with Gasteiger partial charge in [-0.15, -0.1) is 0 Å². The molecule has 4 nitrogen and oxygen atoms in total. The first-order valence-electron chi connectivity index (χ1n) is 8.85. The quantitative estimate of drug-likeness (QED) is 0.464. The van der Waals surface area contributed by atoms with Crippen LogP contribution in [-0.2, 0) is 0 Å². The van der Waals surface area contributed by atoms with Gasteiger partial charge in [-0.05, 0) is 29.8 Å². The largest absolute Gasteiger partial charge is 0.336 e. The van der Waals surface area contributed by atoms with E-state index >= 15 is 0 Å². The van der Waals surface area contributed by atoms with Gasteiger partial charge < -0.3 is 5.32 Å². The maximum atomic E-state index is 14.9. The standard InChI is InChI=1S/C22H13F3N4/c23-15-7-4-8-16(24)20(15)22-27-18-10-13(12-5-2-1-3-6-12)17(25)9-14(18)21-19(28-22)11-26-29-21/h1-11H,(H,26,29)(H,27,28). The predicted octanol–water partition coefficient (Wildman–Crippen LogP) is 5.66. The molecule has 2 heterocycles. The third-order valence-electron chi connectivity index (χ3n) is 4.75. The zero-order valence-corrected chi connectivity index (χ0v) is 14.9. The Morgan fingerprint density at radius 3 is 2.28 bits per heavy atom. The Balaban J connectivity index is 1.78. The maximum Gasteiger partial charge on any atom is 0.144 e. The Morgan fingerprint density at radius 2 is 1.52 bits per heavy atom. The van der Waals surface area contributed by atoms with Crippen LogP contribution in [0.15, 0.2) is 71.9 Å². The molecule has 2 N–H and O–H groups in total. The second-order valence-electron chi connectivity index (χ2n) is 6.54. The van der Waals surface area contributed by atoms with Gasteiger partial charge in [-0.3, -0.25) is 5.10 Å². The Hall–Kier alpha value is -3.87. The molecule has 5 rings (SSSR count). The number of hydrogen-bond acceptors (Lipinski definition) is 3. The first-order valence-corrected chi connectivity index (χ1v) is 8.85. The van der Waals surface area contributed by atoms with Crippen molar-refractivity contribution in [3.63, 3.8) is 0 Å². The molecule has 142 valence electrons. The second kappa shape index (κ2) is 6.63. The minimum atomic E-state index is -0.755. The van der Waals surface area contributed by atoms with Gasteiger partial charge in [0.2, 0.25) is 0 Å². The van der Waals surface area contributed by atoms with Crippen LogP contribution in [0.5, 0.6) is 0 Å². The van der Waals surface area contributed by atoms with Crippen LogP contribution in [0.3, 0.4) is 0 Å². The highest BCUT2D eigenvalue weighted by Gasteiger charge is 2.24. The van der Waals surface area contributed by atoms with E-state index in [1.54, 1.807) is 30.3 Å². The summed E-state index contributed by atoms with van der Waals surface area (Å²) in [6.45, 7) is 0. The second-order valence-corrected chi connectivity index (χ2v) is 6.54. The molecular formula is C22H13F3N4. The van der Waals surface area contributed by atoms with E-state index in [9.17, 15) is 13.2 Å². The molecule has 0 aliphatic carbocycles. The van der Waals surface area contributed by atoms with Crippen molar-refractivity contribution in [2.24, 2.45) is 4.99 Å². The number of aromatic nitrogens is 2. The van der Waals surface area contributed by atoms with Gasteiger partial charge in [-0.2, -0.15) is 5.10 Å². The van der Waals surface area contributed by atoms with E-state index in [0.717, 1.165) is 12.1 Å². The van der Waals surface area contributed by atoms with Crippen molar-refractivity contribution in [2.45, 2.75) is 0 Å². The number of fused-ring (bicyclic) bond motifs is 3. The van der Waals surface area contributed by atoms with Crippen LogP contribution in [-0.4, -0.2) is 16.0 Å². The third kappa shape index (κ3) is 2.87. The molecule has 1 aromatic heterocycles. The maximum absolute atomic E-state index is 14.9. The van der Waals surface area contributed by atoms with Crippen LogP contribution in [0.4, 0.5) is 24.5 Å². The molecule has 0 spiro atoms. The molecule has 1 aliphatic rings. The topological polar surface area (TPSA) is 53.1 Å². The van der Waals surface area contributed by atoms with Crippen LogP contribution < -0.4 is 5.32 Å². The monoisotopic (exact) mass is 390 g/mol. The fourth-order valence-electron chi connectivity index (χ4n) is 3.39. The lowest BCUT2D eigenvalue weighted by molar-refractivity contribution is 0.579. The van der Waals surface area contributed by atoms with Crippen molar-refractivity contribution in [1.29, 1.82) is 0 Å². The van der Waals surface area contributed by atoms with E-state index in [1.165, 1.54) is 18.3 Å². The third-order valence-corrected chi connectivity index (χ3v) is 4.75. The fraction of sp³-hybridized carbons (Fsp3) is 0. The zero-order valence-electron chi connectivity index (χ0n) is 14.9. The van der Waals surface area contributed by atoms with Crippen molar-refractivity contribution in [3.8, 4) is 22.4 Å². The summed E-state index contributed by atoms with van der Waals surface area (Å²) in [5, 5.41) is 9.77. The SMILES string of the molecule is Fc1cc2c(cc1-c1ccccc1)N=C(c1c(F)cccc1F)Nc1c[nH]nc1-2. The molecule has 7 heteroatoms. The van der Waals surface area contributed by atoms with Crippen LogP contribution in [0.1, 0.15) is 5.56 Å². The number of aromatic amines is 1. The summed E-state index contributed by atoms with van der Waals surface area (Å²) in [5.41, 5.74) is 2.32. The molecule has 4 aromatic rings. The summed E-state index contributed by atoms with van der Waals surface area (Å²) in [4.78, 5) is 4.45. The Kier molecular flexibility index (Phi) is 3.94. The van der Waals surface area contributed by atoms with Crippen LogP contribution in [0, 0.1) is 17.5 Å². The van der Waals surface area contributed by atoms with Gasteiger partial charge in [0.05, 0.1) is 16.9 Å². The highest BCUT2D eigenvalue weighted by atomic mass is 19.1. The molecule has 3 aromatic carbocycles. The van der Waals surface area contributed by atoms with Crippen molar-refractivity contribution in [3.05, 3.63) is 89.9 Å². The van der Waals surface area contributed by atoms with Crippen molar-refractivity contribution < 1.29 is 13.2 Å². The summed E-state index contributed by atoms with van der Waals surface area (Å²) >= 11 is 0. The van der Waals surface area contributed by atoms with E-state index in [0.29, 0.717) is 33.8 Å². The number of anilines is 1. The normalized spacial score (nSPS) is 12.4. The van der Waals surface area contributed by atoms with Crippen LogP contribution in [0.2, 0.25) is 0 Å². The number of halogens is 3. The van der Waals surface area contributed by atoms with E-state index in [4.69, 9.17) is 0 Å². The van der Waals surface area contributed by atoms with Crippen LogP contribution in [0.25, 0.3) is 22.4 Å². The zero-order chi connectivity index (χ0) is 20.0. The lowest BCUT2D eigenvalue weighted by Crippen LogP contribution is -2.16. The highest BCUT2D eigenvalue weighted by molar-refractivity contribution is 6.13. The smallest absolute Gasteiger partial charge is 0.144 e. The summed E-state index contributed by atoms with van der Waals surface area (Å²) in [7, 11) is 0. The van der Waals surface area contributed by atoms with E-state index in [1.807, 2.05) is 6.07 Å². The molecule has 0 fully saturated rings. The number of amidine groups is 1. The lowest BCUT2D eigenvalue weighted by Gasteiger charge is -2.10. The van der Waals surface area contributed by atoms with Gasteiger partial charge in [0.1, 0.15) is 29.0 Å². The minimum Gasteiger partial charge on any atom is -0.336 e. The average Bonchev–Trinajstić information content (AvgIpc) is 3.12. The summed E-state index contributed by atoms with van der Waals surface area (Å²) < 4.78 is 43.7. The number of H-pyrrole nitrogens is 1. The fourth-order valence-corrected chi connectivity index (χ4v) is 3.39. The Morgan fingerprint density at radius 1 is 0.759 bits per heavy atom. The first-order chi connectivity index (χ1) is 14.1. The number of hydrogen-bond donors (Lipinski definition) is 2. The Labute approximate surface area is 163 Å². The number of nitrogens with one attached hydrogen (secondary N) is 2. The van der Waals surface area contributed by atoms with Gasteiger partial charge in [0.25, 0.3) is 0 Å². The molecule has 1 aliphatic heterocycles. The van der Waals surface area contributed by atoms with E-state index < -0.39 is 17.5 Å². The summed E-state index contributed by atoms with van der Waals surface area (Å²) in [6, 6.07) is 15.5. The highest BCUT2D eigenvalue weighted by Crippen LogP contribution is 2.40. The molecule has 0 unspecified atom stereocenters. The van der Waals surface area contributed by atoms with Gasteiger partial charge in [-0.25, -0.2) is 18.2 Å². The average molecular weight is 390 g/mol. The summed E-state index contributed by atoms with van der Waals surface area (Å²) in [5.74, 6) is -1.97. The molecule has 0 saturated heterocycles. The number of benzene rings is 3. The molecule has 0 amide bonds. The number of nitrogens with zero attached hydrogens (tertiary/aromatic N) is 2. The van der Waals surface area contributed by atoms with Crippen molar-refractivity contribution in [1.82, 2.24) is 10.2 Å². The van der Waals surface area contributed by atoms with Gasteiger partial charge in [-0.1, -0.05) is 36.4 Å². The molecule has 0 radical (unpaired) electrons. The van der Waals surface area contributed by atoms with Gasteiger partial charge in [0, 0.05) is 17.3 Å². The minimum absolute atomic E-state index is 0.0207. The molecule has 0 atom stereocenters. The van der Waals surface area contributed by atoms with Crippen molar-refractivity contribution >= 4 is 17.2 Å².